The van der Waals surface area contributed by atoms with Crippen molar-refractivity contribution in [2.75, 3.05) is 6.54 Å². The molecule has 94 valence electrons. The molecule has 1 aliphatic rings. The van der Waals surface area contributed by atoms with E-state index in [1.54, 1.807) is 12.1 Å². The number of piperidine rings is 1. The lowest BCUT2D eigenvalue weighted by atomic mass is 9.93. The molecule has 0 amide bonds. The molecule has 1 N–H and O–H groups in total. The normalized spacial score (nSPS) is 26.1. The lowest BCUT2D eigenvalue weighted by molar-refractivity contribution is 0.121. The molecule has 2 atom stereocenters. The first kappa shape index (κ1) is 12.7. The van der Waals surface area contributed by atoms with E-state index in [-0.39, 0.29) is 0 Å². The minimum Gasteiger partial charge on any atom is -0.508 e. The predicted octanol–water partition coefficient (Wildman–Crippen LogP) is 3.67. The highest BCUT2D eigenvalue weighted by molar-refractivity contribution is 6.30. The van der Waals surface area contributed by atoms with E-state index in [4.69, 9.17) is 11.6 Å². The summed E-state index contributed by atoms with van der Waals surface area (Å²) in [4.78, 5) is 2.42. The molecule has 2 nitrogen and oxygen atoms in total. The van der Waals surface area contributed by atoms with Gasteiger partial charge in [-0.05, 0) is 50.4 Å². The lowest BCUT2D eigenvalue weighted by Crippen LogP contribution is -2.39. The Kier molecular flexibility index (Phi) is 3.95. The van der Waals surface area contributed by atoms with Crippen LogP contribution in [0.1, 0.15) is 32.3 Å². The molecule has 0 bridgehead atoms. The van der Waals surface area contributed by atoms with Gasteiger partial charge in [-0.25, -0.2) is 0 Å². The summed E-state index contributed by atoms with van der Waals surface area (Å²) < 4.78 is 0. The number of likely N-dealkylation sites (tertiary alicyclic amines) is 1. The molecule has 2 unspecified atom stereocenters. The first-order valence-corrected chi connectivity index (χ1v) is 6.65. The summed E-state index contributed by atoms with van der Waals surface area (Å²) in [5, 5.41) is 10.5. The van der Waals surface area contributed by atoms with E-state index in [1.165, 1.54) is 12.8 Å². The largest absolute Gasteiger partial charge is 0.508 e. The molecule has 0 spiro atoms. The molecular formula is C14H20ClNO. The summed E-state index contributed by atoms with van der Waals surface area (Å²) in [5.41, 5.74) is 0.930. The zero-order valence-electron chi connectivity index (χ0n) is 10.5. The van der Waals surface area contributed by atoms with Gasteiger partial charge in [-0.3, -0.25) is 4.90 Å². The zero-order chi connectivity index (χ0) is 12.4. The van der Waals surface area contributed by atoms with E-state index >= 15 is 0 Å². The van der Waals surface area contributed by atoms with Gasteiger partial charge in [-0.15, -0.1) is 0 Å². The number of hydrogen-bond donors (Lipinski definition) is 1. The van der Waals surface area contributed by atoms with Crippen LogP contribution in [0.25, 0.3) is 0 Å². The number of benzene rings is 1. The predicted molar refractivity (Wildman–Crippen MR) is 71.4 cm³/mol. The molecule has 1 aromatic rings. The van der Waals surface area contributed by atoms with Gasteiger partial charge >= 0.3 is 0 Å². The molecule has 17 heavy (non-hydrogen) atoms. The van der Waals surface area contributed by atoms with Crippen molar-refractivity contribution in [2.45, 2.75) is 39.3 Å². The Morgan fingerprint density at radius 1 is 1.41 bits per heavy atom. The molecule has 1 aliphatic heterocycles. The summed E-state index contributed by atoms with van der Waals surface area (Å²) in [6, 6.07) is 5.84. The third kappa shape index (κ3) is 3.14. The Labute approximate surface area is 108 Å². The van der Waals surface area contributed by atoms with Crippen LogP contribution < -0.4 is 0 Å². The van der Waals surface area contributed by atoms with Crippen molar-refractivity contribution in [1.29, 1.82) is 0 Å². The maximum absolute atomic E-state index is 9.82. The second kappa shape index (κ2) is 5.28. The number of nitrogens with zero attached hydrogens (tertiary/aromatic N) is 1. The van der Waals surface area contributed by atoms with E-state index in [2.05, 4.69) is 18.7 Å². The topological polar surface area (TPSA) is 23.5 Å². The van der Waals surface area contributed by atoms with E-state index in [9.17, 15) is 5.11 Å². The zero-order valence-corrected chi connectivity index (χ0v) is 11.2. The molecule has 2 rings (SSSR count). The Hall–Kier alpha value is -0.730. The van der Waals surface area contributed by atoms with Gasteiger partial charge in [0, 0.05) is 23.2 Å². The van der Waals surface area contributed by atoms with Crippen LogP contribution in [0.4, 0.5) is 0 Å². The summed E-state index contributed by atoms with van der Waals surface area (Å²) in [6.45, 7) is 6.47. The van der Waals surface area contributed by atoms with Crippen molar-refractivity contribution < 1.29 is 5.11 Å². The van der Waals surface area contributed by atoms with Crippen LogP contribution in [-0.4, -0.2) is 22.6 Å². The average Bonchev–Trinajstić information content (AvgIpc) is 2.27. The van der Waals surface area contributed by atoms with Gasteiger partial charge in [0.25, 0.3) is 0 Å². The monoisotopic (exact) mass is 253 g/mol. The average molecular weight is 254 g/mol. The van der Waals surface area contributed by atoms with Crippen LogP contribution >= 0.6 is 11.6 Å². The van der Waals surface area contributed by atoms with Crippen molar-refractivity contribution in [3.8, 4) is 5.75 Å². The molecule has 1 fully saturated rings. The smallest absolute Gasteiger partial charge is 0.120 e. The fourth-order valence-corrected chi connectivity index (χ4v) is 2.78. The van der Waals surface area contributed by atoms with Crippen molar-refractivity contribution >= 4 is 11.6 Å². The van der Waals surface area contributed by atoms with Crippen LogP contribution in [-0.2, 0) is 6.54 Å². The van der Waals surface area contributed by atoms with Gasteiger partial charge in [-0.2, -0.15) is 0 Å². The van der Waals surface area contributed by atoms with Gasteiger partial charge in [-0.1, -0.05) is 18.5 Å². The molecule has 0 radical (unpaired) electrons. The Morgan fingerprint density at radius 2 is 2.18 bits per heavy atom. The summed E-state index contributed by atoms with van der Waals surface area (Å²) in [5.74, 6) is 1.16. The van der Waals surface area contributed by atoms with Crippen LogP contribution in [0, 0.1) is 5.92 Å². The fourth-order valence-electron chi connectivity index (χ4n) is 2.59. The highest BCUT2D eigenvalue weighted by atomic mass is 35.5. The van der Waals surface area contributed by atoms with Crippen LogP contribution in [0.2, 0.25) is 5.02 Å². The summed E-state index contributed by atoms with van der Waals surface area (Å²) in [7, 11) is 0. The maximum Gasteiger partial charge on any atom is 0.120 e. The molecule has 1 aromatic carbocycles. The van der Waals surface area contributed by atoms with Crippen molar-refractivity contribution in [3.63, 3.8) is 0 Å². The highest BCUT2D eigenvalue weighted by Gasteiger charge is 2.23. The number of phenols is 1. The number of phenolic OH excluding ortho intramolecular Hbond substituents is 1. The fraction of sp³-hybridized carbons (Fsp3) is 0.571. The molecule has 0 aliphatic carbocycles. The minimum atomic E-state index is 0.347. The number of rotatable bonds is 2. The van der Waals surface area contributed by atoms with E-state index in [0.717, 1.165) is 24.6 Å². The van der Waals surface area contributed by atoms with E-state index < -0.39 is 0 Å². The van der Waals surface area contributed by atoms with Gasteiger partial charge in [0.2, 0.25) is 0 Å². The Bertz CT molecular complexity index is 394. The second-order valence-electron chi connectivity index (χ2n) is 5.22. The van der Waals surface area contributed by atoms with E-state index in [0.29, 0.717) is 16.8 Å². The third-order valence-electron chi connectivity index (χ3n) is 3.69. The molecule has 1 saturated heterocycles. The summed E-state index contributed by atoms with van der Waals surface area (Å²) in [6.07, 6.45) is 2.48. The van der Waals surface area contributed by atoms with E-state index in [1.807, 2.05) is 6.07 Å². The SMILES string of the molecule is CC1CCN(Cc2cc(Cl)ccc2O)C(C)C1. The molecule has 0 aromatic heterocycles. The first-order chi connectivity index (χ1) is 8.06. The Morgan fingerprint density at radius 3 is 2.88 bits per heavy atom. The number of hydrogen-bond acceptors (Lipinski definition) is 2. The molecular weight excluding hydrogens is 234 g/mol. The number of halogens is 1. The quantitative estimate of drug-likeness (QED) is 0.870. The molecule has 1 heterocycles. The van der Waals surface area contributed by atoms with Crippen LogP contribution in [0.5, 0.6) is 5.75 Å². The third-order valence-corrected chi connectivity index (χ3v) is 3.93. The maximum atomic E-state index is 9.82. The first-order valence-electron chi connectivity index (χ1n) is 6.27. The Balaban J connectivity index is 2.07. The second-order valence-corrected chi connectivity index (χ2v) is 5.66. The van der Waals surface area contributed by atoms with Gasteiger partial charge in [0.05, 0.1) is 0 Å². The molecule has 0 saturated carbocycles. The van der Waals surface area contributed by atoms with Gasteiger partial charge < -0.3 is 5.11 Å². The van der Waals surface area contributed by atoms with Crippen LogP contribution in [0.15, 0.2) is 18.2 Å². The standard InChI is InChI=1S/C14H20ClNO/c1-10-5-6-16(11(2)7-10)9-12-8-13(15)3-4-14(12)17/h3-4,8,10-11,17H,5-7,9H2,1-2H3. The number of aromatic hydroxyl groups is 1. The van der Waals surface area contributed by atoms with Gasteiger partial charge in [0.1, 0.15) is 5.75 Å². The lowest BCUT2D eigenvalue weighted by Gasteiger charge is -2.36. The molecule has 3 heteroatoms. The summed E-state index contributed by atoms with van der Waals surface area (Å²) >= 11 is 5.96. The van der Waals surface area contributed by atoms with Crippen molar-refractivity contribution in [2.24, 2.45) is 5.92 Å². The minimum absolute atomic E-state index is 0.347. The van der Waals surface area contributed by atoms with Crippen molar-refractivity contribution in [1.82, 2.24) is 4.90 Å². The van der Waals surface area contributed by atoms with Gasteiger partial charge in [0.15, 0.2) is 0 Å². The highest BCUT2D eigenvalue weighted by Crippen LogP contribution is 2.27. The van der Waals surface area contributed by atoms with Crippen molar-refractivity contribution in [3.05, 3.63) is 28.8 Å². The van der Waals surface area contributed by atoms with Crippen LogP contribution in [0.3, 0.4) is 0 Å².